The lowest BCUT2D eigenvalue weighted by Crippen LogP contribution is -2.10. The molecular formula is C35H22N2S2. The Balaban J connectivity index is 1.37. The van der Waals surface area contributed by atoms with Crippen LogP contribution in [-0.2, 0) is 0 Å². The van der Waals surface area contributed by atoms with Gasteiger partial charge in [-0.25, -0.2) is 0 Å². The molecule has 0 atom stereocenters. The van der Waals surface area contributed by atoms with E-state index in [-0.39, 0.29) is 0 Å². The van der Waals surface area contributed by atoms with Crippen molar-refractivity contribution < 1.29 is 0 Å². The first-order valence-corrected chi connectivity index (χ1v) is 14.6. The van der Waals surface area contributed by atoms with Crippen molar-refractivity contribution in [1.29, 1.82) is 0 Å². The highest BCUT2D eigenvalue weighted by Gasteiger charge is 2.20. The van der Waals surface area contributed by atoms with Gasteiger partial charge in [0.1, 0.15) is 0 Å². The zero-order valence-electron chi connectivity index (χ0n) is 20.9. The Morgan fingerprint density at radius 1 is 0.487 bits per heavy atom. The molecule has 0 N–H and O–H groups in total. The number of benzene rings is 5. The lowest BCUT2D eigenvalue weighted by molar-refractivity contribution is 1.27. The van der Waals surface area contributed by atoms with Crippen LogP contribution in [0.15, 0.2) is 134 Å². The van der Waals surface area contributed by atoms with Crippen molar-refractivity contribution in [2.45, 2.75) is 0 Å². The van der Waals surface area contributed by atoms with Crippen LogP contribution in [0.1, 0.15) is 0 Å². The van der Waals surface area contributed by atoms with E-state index in [9.17, 15) is 0 Å². The first kappa shape index (κ1) is 22.5. The summed E-state index contributed by atoms with van der Waals surface area (Å²) < 4.78 is 5.05. The molecule has 3 heterocycles. The van der Waals surface area contributed by atoms with Gasteiger partial charge in [-0.2, -0.15) is 0 Å². The van der Waals surface area contributed by atoms with Gasteiger partial charge in [-0.05, 0) is 53.6 Å². The highest BCUT2D eigenvalue weighted by molar-refractivity contribution is 7.26. The second-order valence-corrected chi connectivity index (χ2v) is 11.8. The molecule has 0 aliphatic rings. The fraction of sp³-hybridized carbons (Fsp3) is 0. The van der Waals surface area contributed by atoms with Crippen LogP contribution in [-0.4, -0.2) is 4.98 Å². The highest BCUT2D eigenvalue weighted by atomic mass is 32.1. The maximum atomic E-state index is 5.01. The molecule has 0 amide bonds. The Morgan fingerprint density at radius 3 is 1.95 bits per heavy atom. The van der Waals surface area contributed by atoms with Crippen molar-refractivity contribution in [3.8, 4) is 11.1 Å². The van der Waals surface area contributed by atoms with Gasteiger partial charge in [-0.15, -0.1) is 22.7 Å². The Kier molecular flexibility index (Phi) is 5.22. The van der Waals surface area contributed by atoms with Crippen LogP contribution in [0, 0.1) is 0 Å². The predicted molar refractivity (Wildman–Crippen MR) is 170 cm³/mol. The molecule has 0 saturated heterocycles. The fourth-order valence-electron chi connectivity index (χ4n) is 5.51. The minimum absolute atomic E-state index is 1.06. The number of pyridine rings is 1. The van der Waals surface area contributed by atoms with E-state index in [0.29, 0.717) is 0 Å². The smallest absolute Gasteiger partial charge is 0.0890 e. The highest BCUT2D eigenvalue weighted by Crippen LogP contribution is 2.46. The van der Waals surface area contributed by atoms with Crippen LogP contribution < -0.4 is 4.90 Å². The summed E-state index contributed by atoms with van der Waals surface area (Å²) in [5, 5.41) is 3.78. The molecule has 184 valence electrons. The van der Waals surface area contributed by atoms with Crippen molar-refractivity contribution >= 4 is 80.2 Å². The minimum Gasteiger partial charge on any atom is -0.308 e. The zero-order chi connectivity index (χ0) is 25.8. The fourth-order valence-corrected chi connectivity index (χ4v) is 7.73. The molecular weight excluding hydrogens is 513 g/mol. The Labute approximate surface area is 234 Å². The quantitative estimate of drug-likeness (QED) is 0.223. The number of thiophene rings is 2. The summed E-state index contributed by atoms with van der Waals surface area (Å²) >= 11 is 3.65. The summed E-state index contributed by atoms with van der Waals surface area (Å²) in [4.78, 5) is 7.38. The Hall–Kier alpha value is -4.51. The number of fused-ring (bicyclic) bond motifs is 6. The Bertz CT molecular complexity index is 2120. The van der Waals surface area contributed by atoms with Gasteiger partial charge in [0.2, 0.25) is 0 Å². The van der Waals surface area contributed by atoms with Crippen LogP contribution in [0.5, 0.6) is 0 Å². The molecule has 8 rings (SSSR count). The lowest BCUT2D eigenvalue weighted by atomic mass is 10.0. The minimum atomic E-state index is 1.06. The molecule has 0 spiro atoms. The molecule has 2 nitrogen and oxygen atoms in total. The monoisotopic (exact) mass is 534 g/mol. The van der Waals surface area contributed by atoms with Gasteiger partial charge < -0.3 is 4.90 Å². The van der Waals surface area contributed by atoms with Crippen LogP contribution in [0.2, 0.25) is 0 Å². The number of nitrogens with zero attached hydrogens (tertiary/aromatic N) is 2. The third kappa shape index (κ3) is 3.72. The van der Waals surface area contributed by atoms with Crippen LogP contribution >= 0.6 is 22.7 Å². The van der Waals surface area contributed by atoms with Gasteiger partial charge in [0.05, 0.1) is 27.8 Å². The number of hydrogen-bond acceptors (Lipinski definition) is 4. The summed E-state index contributed by atoms with van der Waals surface area (Å²) in [5.74, 6) is 0. The first-order valence-electron chi connectivity index (χ1n) is 13.0. The predicted octanol–water partition coefficient (Wildman–Crippen LogP) is 11.0. The number of aromatic nitrogens is 1. The molecule has 0 radical (unpaired) electrons. The van der Waals surface area contributed by atoms with Gasteiger partial charge in [0.25, 0.3) is 0 Å². The number of rotatable bonds is 4. The van der Waals surface area contributed by atoms with Gasteiger partial charge in [-0.3, -0.25) is 4.98 Å². The van der Waals surface area contributed by atoms with Crippen molar-refractivity contribution in [3.63, 3.8) is 0 Å². The second-order valence-electron chi connectivity index (χ2n) is 9.64. The average molecular weight is 535 g/mol. The summed E-state index contributed by atoms with van der Waals surface area (Å²) in [6, 6.07) is 45.6. The van der Waals surface area contributed by atoms with E-state index in [2.05, 4.69) is 132 Å². The summed E-state index contributed by atoms with van der Waals surface area (Å²) in [7, 11) is 0. The van der Waals surface area contributed by atoms with Gasteiger partial charge in [0, 0.05) is 35.9 Å². The van der Waals surface area contributed by atoms with E-state index in [1.165, 1.54) is 51.8 Å². The molecule has 4 heteroatoms. The van der Waals surface area contributed by atoms with E-state index < -0.39 is 0 Å². The molecule has 0 saturated carbocycles. The first-order chi connectivity index (χ1) is 19.3. The van der Waals surface area contributed by atoms with E-state index in [1.54, 1.807) is 11.3 Å². The Morgan fingerprint density at radius 2 is 1.13 bits per heavy atom. The molecule has 3 aromatic heterocycles. The van der Waals surface area contributed by atoms with Crippen LogP contribution in [0.3, 0.4) is 0 Å². The van der Waals surface area contributed by atoms with Crippen molar-refractivity contribution in [3.05, 3.63) is 134 Å². The van der Waals surface area contributed by atoms with Gasteiger partial charge in [-0.1, -0.05) is 84.9 Å². The second kappa shape index (κ2) is 9.05. The van der Waals surface area contributed by atoms with Gasteiger partial charge in [0.15, 0.2) is 0 Å². The topological polar surface area (TPSA) is 16.1 Å². The summed E-state index contributed by atoms with van der Waals surface area (Å²) in [5.41, 5.74) is 6.83. The standard InChI is InChI=1S/C35H22N2S2/c1-2-9-23(10-3-1)24-17-19-25(20-18-24)37(26-21-33-35(36-22-26)28-12-5-7-15-31(28)39-33)29-13-8-16-32-34(29)27-11-4-6-14-30(27)38-32/h1-22H. The molecule has 5 aromatic carbocycles. The maximum Gasteiger partial charge on any atom is 0.0890 e. The number of anilines is 3. The third-order valence-electron chi connectivity index (χ3n) is 7.31. The molecule has 0 aliphatic heterocycles. The van der Waals surface area contributed by atoms with Gasteiger partial charge >= 0.3 is 0 Å². The van der Waals surface area contributed by atoms with Crippen LogP contribution in [0.4, 0.5) is 17.1 Å². The van der Waals surface area contributed by atoms with Crippen molar-refractivity contribution in [2.24, 2.45) is 0 Å². The van der Waals surface area contributed by atoms with E-state index >= 15 is 0 Å². The summed E-state index contributed by atoms with van der Waals surface area (Å²) in [6.07, 6.45) is 2.03. The lowest BCUT2D eigenvalue weighted by Gasteiger charge is -2.26. The van der Waals surface area contributed by atoms with E-state index in [4.69, 9.17) is 4.98 Å². The maximum absolute atomic E-state index is 5.01. The third-order valence-corrected chi connectivity index (χ3v) is 9.56. The normalized spacial score (nSPS) is 11.6. The molecule has 0 aliphatic carbocycles. The molecule has 39 heavy (non-hydrogen) atoms. The van der Waals surface area contributed by atoms with E-state index in [1.807, 2.05) is 17.5 Å². The molecule has 0 unspecified atom stereocenters. The number of hydrogen-bond donors (Lipinski definition) is 0. The average Bonchev–Trinajstić information content (AvgIpc) is 3.56. The largest absolute Gasteiger partial charge is 0.308 e. The zero-order valence-corrected chi connectivity index (χ0v) is 22.5. The van der Waals surface area contributed by atoms with Crippen molar-refractivity contribution in [2.75, 3.05) is 4.90 Å². The summed E-state index contributed by atoms with van der Waals surface area (Å²) in [6.45, 7) is 0. The molecule has 8 aromatic rings. The van der Waals surface area contributed by atoms with Crippen molar-refractivity contribution in [1.82, 2.24) is 4.98 Å². The molecule has 0 fully saturated rings. The molecule has 0 bridgehead atoms. The van der Waals surface area contributed by atoms with Crippen LogP contribution in [0.25, 0.3) is 51.6 Å². The SMILES string of the molecule is c1ccc(-c2ccc(N(c3cnc4c(c3)sc3ccccc34)c3cccc4sc5ccccc5c34)cc2)cc1. The van der Waals surface area contributed by atoms with E-state index in [0.717, 1.165) is 16.9 Å².